The summed E-state index contributed by atoms with van der Waals surface area (Å²) in [6.07, 6.45) is 0.994. The van der Waals surface area contributed by atoms with E-state index in [0.717, 1.165) is 23.1 Å². The molecule has 140 valence electrons. The molecule has 0 atom stereocenters. The van der Waals surface area contributed by atoms with Crippen LogP contribution in [-0.2, 0) is 6.42 Å². The monoisotopic (exact) mass is 374 g/mol. The minimum absolute atomic E-state index is 0.271. The van der Waals surface area contributed by atoms with E-state index in [0.29, 0.717) is 17.2 Å². The molecule has 0 radical (unpaired) electrons. The zero-order valence-corrected chi connectivity index (χ0v) is 15.3. The van der Waals surface area contributed by atoms with Gasteiger partial charge in [0.2, 0.25) is 5.95 Å². The lowest BCUT2D eigenvalue weighted by Gasteiger charge is -2.05. The quantitative estimate of drug-likeness (QED) is 0.446. The summed E-state index contributed by atoms with van der Waals surface area (Å²) in [5.74, 6) is -0.00986. The van der Waals surface area contributed by atoms with Gasteiger partial charge in [0.1, 0.15) is 5.82 Å². The number of aryl methyl sites for hydroxylation is 1. The number of imidazole rings is 1. The van der Waals surface area contributed by atoms with Crippen molar-refractivity contribution in [3.63, 3.8) is 0 Å². The molecule has 0 spiro atoms. The molecule has 1 amide bonds. The lowest BCUT2D eigenvalue weighted by atomic mass is 10.1. The van der Waals surface area contributed by atoms with Gasteiger partial charge in [-0.3, -0.25) is 4.79 Å². The minimum atomic E-state index is -0.346. The Bertz CT molecular complexity index is 1120. The topological polar surface area (TPSA) is 69.8 Å². The molecule has 0 aliphatic heterocycles. The van der Waals surface area contributed by atoms with Crippen molar-refractivity contribution in [2.24, 2.45) is 0 Å². The van der Waals surface area contributed by atoms with E-state index in [9.17, 15) is 9.18 Å². The van der Waals surface area contributed by atoms with Crippen molar-refractivity contribution < 1.29 is 9.18 Å². The molecule has 1 heterocycles. The molecule has 0 bridgehead atoms. The van der Waals surface area contributed by atoms with Crippen LogP contribution in [0.2, 0.25) is 0 Å². The van der Waals surface area contributed by atoms with Gasteiger partial charge in [-0.2, -0.15) is 0 Å². The lowest BCUT2D eigenvalue weighted by molar-refractivity contribution is 0.102. The Labute approximate surface area is 161 Å². The fourth-order valence-electron chi connectivity index (χ4n) is 2.91. The Morgan fingerprint density at radius 2 is 1.71 bits per heavy atom. The van der Waals surface area contributed by atoms with E-state index in [2.05, 4.69) is 39.7 Å². The standard InChI is InChI=1S/C22H19FN4O/c1-2-14-3-8-18(9-4-14)25-22-26-19-12-5-15(13-20(19)27-22)21(28)24-17-10-6-16(23)7-11-17/h3-13H,2H2,1H3,(H,24,28)(H2,25,26,27). The average Bonchev–Trinajstić information content (AvgIpc) is 3.11. The van der Waals surface area contributed by atoms with Gasteiger partial charge in [-0.25, -0.2) is 9.37 Å². The van der Waals surface area contributed by atoms with Crippen LogP contribution >= 0.6 is 0 Å². The molecular formula is C22H19FN4O. The number of aromatic amines is 1. The second kappa shape index (κ2) is 7.52. The van der Waals surface area contributed by atoms with Crippen molar-refractivity contribution in [2.75, 3.05) is 10.6 Å². The Morgan fingerprint density at radius 1 is 1.00 bits per heavy atom. The smallest absolute Gasteiger partial charge is 0.255 e. The molecule has 0 aliphatic carbocycles. The van der Waals surface area contributed by atoms with E-state index < -0.39 is 0 Å². The summed E-state index contributed by atoms with van der Waals surface area (Å²) in [5.41, 5.74) is 4.73. The number of halogens is 1. The third-order valence-corrected chi connectivity index (χ3v) is 4.47. The first-order valence-electron chi connectivity index (χ1n) is 9.03. The van der Waals surface area contributed by atoms with Crippen LogP contribution in [0.1, 0.15) is 22.8 Å². The SMILES string of the molecule is CCc1ccc(Nc2nc3ccc(C(=O)Nc4ccc(F)cc4)cc3[nH]2)cc1. The minimum Gasteiger partial charge on any atom is -0.326 e. The molecule has 6 heteroatoms. The Hall–Kier alpha value is -3.67. The van der Waals surface area contributed by atoms with Gasteiger partial charge in [-0.05, 0) is 66.6 Å². The summed E-state index contributed by atoms with van der Waals surface area (Å²) in [4.78, 5) is 20.1. The number of benzene rings is 3. The highest BCUT2D eigenvalue weighted by molar-refractivity contribution is 6.06. The molecule has 3 N–H and O–H groups in total. The Kier molecular flexibility index (Phi) is 4.76. The molecule has 0 saturated carbocycles. The maximum absolute atomic E-state index is 13.0. The van der Waals surface area contributed by atoms with Crippen molar-refractivity contribution >= 4 is 34.3 Å². The highest BCUT2D eigenvalue weighted by Gasteiger charge is 2.10. The molecule has 0 saturated heterocycles. The van der Waals surface area contributed by atoms with E-state index >= 15 is 0 Å². The summed E-state index contributed by atoms with van der Waals surface area (Å²) in [7, 11) is 0. The lowest BCUT2D eigenvalue weighted by Crippen LogP contribution is -2.11. The van der Waals surface area contributed by atoms with Crippen molar-refractivity contribution in [1.29, 1.82) is 0 Å². The van der Waals surface area contributed by atoms with E-state index in [1.54, 1.807) is 18.2 Å². The number of amides is 1. The molecule has 4 aromatic rings. The molecule has 28 heavy (non-hydrogen) atoms. The van der Waals surface area contributed by atoms with E-state index in [1.807, 2.05) is 12.1 Å². The van der Waals surface area contributed by atoms with Crippen LogP contribution in [0.5, 0.6) is 0 Å². The number of carbonyl (C=O) groups excluding carboxylic acids is 1. The number of rotatable bonds is 5. The molecule has 0 fully saturated rings. The van der Waals surface area contributed by atoms with Gasteiger partial charge in [0, 0.05) is 16.9 Å². The first-order valence-corrected chi connectivity index (χ1v) is 9.03. The van der Waals surface area contributed by atoms with E-state index in [4.69, 9.17) is 0 Å². The van der Waals surface area contributed by atoms with Gasteiger partial charge in [-0.1, -0.05) is 19.1 Å². The third-order valence-electron chi connectivity index (χ3n) is 4.47. The van der Waals surface area contributed by atoms with Crippen LogP contribution in [0.15, 0.2) is 66.7 Å². The van der Waals surface area contributed by atoms with Gasteiger partial charge in [0.15, 0.2) is 0 Å². The van der Waals surface area contributed by atoms with Gasteiger partial charge in [0.25, 0.3) is 5.91 Å². The maximum Gasteiger partial charge on any atom is 0.255 e. The zero-order chi connectivity index (χ0) is 19.5. The summed E-state index contributed by atoms with van der Waals surface area (Å²) in [5, 5.41) is 5.99. The molecule has 1 aromatic heterocycles. The fraction of sp³-hybridized carbons (Fsp3) is 0.0909. The molecule has 4 rings (SSSR count). The summed E-state index contributed by atoms with van der Waals surface area (Å²) < 4.78 is 13.0. The van der Waals surface area contributed by atoms with Crippen molar-refractivity contribution in [2.45, 2.75) is 13.3 Å². The predicted molar refractivity (Wildman–Crippen MR) is 110 cm³/mol. The number of carbonyl (C=O) groups is 1. The number of nitrogens with zero attached hydrogens (tertiary/aromatic N) is 1. The highest BCUT2D eigenvalue weighted by atomic mass is 19.1. The number of aromatic nitrogens is 2. The van der Waals surface area contributed by atoms with Gasteiger partial charge >= 0.3 is 0 Å². The van der Waals surface area contributed by atoms with Crippen LogP contribution in [0.3, 0.4) is 0 Å². The van der Waals surface area contributed by atoms with E-state index in [-0.39, 0.29) is 11.7 Å². The normalized spacial score (nSPS) is 10.8. The fourth-order valence-corrected chi connectivity index (χ4v) is 2.91. The summed E-state index contributed by atoms with van der Waals surface area (Å²) in [6.45, 7) is 2.12. The van der Waals surface area contributed by atoms with Crippen molar-refractivity contribution in [1.82, 2.24) is 9.97 Å². The van der Waals surface area contributed by atoms with Crippen molar-refractivity contribution in [3.8, 4) is 0 Å². The number of hydrogen-bond donors (Lipinski definition) is 3. The van der Waals surface area contributed by atoms with Crippen molar-refractivity contribution in [3.05, 3.63) is 83.7 Å². The highest BCUT2D eigenvalue weighted by Crippen LogP contribution is 2.21. The van der Waals surface area contributed by atoms with Gasteiger partial charge in [0.05, 0.1) is 11.0 Å². The van der Waals surface area contributed by atoms with Crippen LogP contribution in [0.25, 0.3) is 11.0 Å². The Morgan fingerprint density at radius 3 is 2.43 bits per heavy atom. The number of anilines is 3. The molecule has 0 unspecified atom stereocenters. The third kappa shape index (κ3) is 3.86. The van der Waals surface area contributed by atoms with Gasteiger partial charge in [-0.15, -0.1) is 0 Å². The Balaban J connectivity index is 1.52. The summed E-state index contributed by atoms with van der Waals surface area (Å²) >= 11 is 0. The van der Waals surface area contributed by atoms with Crippen LogP contribution in [0, 0.1) is 5.82 Å². The zero-order valence-electron chi connectivity index (χ0n) is 15.3. The maximum atomic E-state index is 13.0. The molecule has 0 aliphatic rings. The number of hydrogen-bond acceptors (Lipinski definition) is 3. The first-order chi connectivity index (χ1) is 13.6. The second-order valence-electron chi connectivity index (χ2n) is 6.45. The van der Waals surface area contributed by atoms with Crippen LogP contribution in [-0.4, -0.2) is 15.9 Å². The van der Waals surface area contributed by atoms with E-state index in [1.165, 1.54) is 29.8 Å². The number of nitrogens with one attached hydrogen (secondary N) is 3. The number of H-pyrrole nitrogens is 1. The van der Waals surface area contributed by atoms with Crippen LogP contribution in [0.4, 0.5) is 21.7 Å². The van der Waals surface area contributed by atoms with Crippen LogP contribution < -0.4 is 10.6 Å². The second-order valence-corrected chi connectivity index (χ2v) is 6.45. The first kappa shape index (κ1) is 17.7. The molecule has 5 nitrogen and oxygen atoms in total. The summed E-state index contributed by atoms with van der Waals surface area (Å²) in [6, 6.07) is 19.1. The predicted octanol–water partition coefficient (Wildman–Crippen LogP) is 5.26. The molecular weight excluding hydrogens is 355 g/mol. The van der Waals surface area contributed by atoms with Gasteiger partial charge < -0.3 is 15.6 Å². The number of fused-ring (bicyclic) bond motifs is 1. The molecule has 3 aromatic carbocycles. The largest absolute Gasteiger partial charge is 0.326 e. The average molecular weight is 374 g/mol.